The Morgan fingerprint density at radius 2 is 1.47 bits per heavy atom. The Bertz CT molecular complexity index is 1020. The molecular weight excluding hydrogens is 390 g/mol. The molecule has 1 atom stereocenters. The lowest BCUT2D eigenvalue weighted by atomic mass is 9.76. The van der Waals surface area contributed by atoms with Crippen LogP contribution in [0, 0.1) is 5.92 Å². The third kappa shape index (κ3) is 5.88. The van der Waals surface area contributed by atoms with Gasteiger partial charge in [0.15, 0.2) is 0 Å². The van der Waals surface area contributed by atoms with E-state index in [2.05, 4.69) is 95.3 Å². The molecule has 2 heteroatoms. The van der Waals surface area contributed by atoms with Gasteiger partial charge < -0.3 is 5.11 Å². The lowest BCUT2D eigenvalue weighted by Crippen LogP contribution is -2.19. The van der Waals surface area contributed by atoms with Gasteiger partial charge in [0, 0.05) is 28.8 Å². The van der Waals surface area contributed by atoms with Gasteiger partial charge in [0.25, 0.3) is 0 Å². The zero-order valence-electron chi connectivity index (χ0n) is 20.2. The SMILES string of the molecule is CC(C)CCCC(C)N=Cc1cc(-c2ccccc2)cc(C(C)(C)c2ccccc2)c1O. The molecule has 3 rings (SSSR count). The van der Waals surface area contributed by atoms with E-state index in [0.717, 1.165) is 34.6 Å². The van der Waals surface area contributed by atoms with Crippen LogP contribution in [-0.2, 0) is 5.41 Å². The van der Waals surface area contributed by atoms with Crippen LogP contribution in [0.15, 0.2) is 77.8 Å². The van der Waals surface area contributed by atoms with Crippen molar-refractivity contribution in [1.29, 1.82) is 0 Å². The Kier molecular flexibility index (Phi) is 7.90. The van der Waals surface area contributed by atoms with Crippen LogP contribution >= 0.6 is 0 Å². The van der Waals surface area contributed by atoms with Gasteiger partial charge in [0.2, 0.25) is 0 Å². The summed E-state index contributed by atoms with van der Waals surface area (Å²) in [6.07, 6.45) is 5.34. The quantitative estimate of drug-likeness (QED) is 0.345. The molecule has 0 aliphatic rings. The van der Waals surface area contributed by atoms with Gasteiger partial charge in [0.05, 0.1) is 0 Å². The maximum atomic E-state index is 11.3. The average Bonchev–Trinajstić information content (AvgIpc) is 2.79. The topological polar surface area (TPSA) is 32.6 Å². The van der Waals surface area contributed by atoms with Gasteiger partial charge in [-0.05, 0) is 48.1 Å². The summed E-state index contributed by atoms with van der Waals surface area (Å²) >= 11 is 0. The molecule has 3 aromatic rings. The number of benzene rings is 3. The summed E-state index contributed by atoms with van der Waals surface area (Å²) in [7, 11) is 0. The number of rotatable bonds is 9. The monoisotopic (exact) mass is 427 g/mol. The van der Waals surface area contributed by atoms with E-state index in [1.54, 1.807) is 0 Å². The van der Waals surface area contributed by atoms with Crippen molar-refractivity contribution in [3.05, 3.63) is 89.5 Å². The van der Waals surface area contributed by atoms with E-state index in [1.165, 1.54) is 18.4 Å². The summed E-state index contributed by atoms with van der Waals surface area (Å²) < 4.78 is 0. The third-order valence-electron chi connectivity index (χ3n) is 6.29. The summed E-state index contributed by atoms with van der Waals surface area (Å²) in [5.74, 6) is 1.04. The molecule has 1 N–H and O–H groups in total. The summed E-state index contributed by atoms with van der Waals surface area (Å²) in [5.41, 5.74) is 4.75. The molecular formula is C30H37NO. The maximum Gasteiger partial charge on any atom is 0.128 e. The highest BCUT2D eigenvalue weighted by Gasteiger charge is 2.28. The highest BCUT2D eigenvalue weighted by atomic mass is 16.3. The minimum atomic E-state index is -0.346. The number of aromatic hydroxyl groups is 1. The average molecular weight is 428 g/mol. The van der Waals surface area contributed by atoms with E-state index in [1.807, 2.05) is 18.3 Å². The maximum absolute atomic E-state index is 11.3. The van der Waals surface area contributed by atoms with Gasteiger partial charge in [0.1, 0.15) is 5.75 Å². The van der Waals surface area contributed by atoms with Crippen LogP contribution in [0.25, 0.3) is 11.1 Å². The molecule has 0 fully saturated rings. The highest BCUT2D eigenvalue weighted by Crippen LogP contribution is 2.40. The Balaban J connectivity index is 2.01. The standard InChI is InChI=1S/C30H37NO/c1-22(2)13-12-14-23(3)31-21-26-19-25(24-15-8-6-9-16-24)20-28(29(26)32)30(4,5)27-17-10-7-11-18-27/h6-11,15-23,32H,12-14H2,1-5H3. The molecule has 0 bridgehead atoms. The number of hydrogen-bond donors (Lipinski definition) is 1. The van der Waals surface area contributed by atoms with E-state index >= 15 is 0 Å². The van der Waals surface area contributed by atoms with Crippen LogP contribution in [-0.4, -0.2) is 17.4 Å². The number of phenols is 1. The molecule has 0 aliphatic carbocycles. The molecule has 32 heavy (non-hydrogen) atoms. The first-order valence-corrected chi connectivity index (χ1v) is 11.8. The smallest absolute Gasteiger partial charge is 0.128 e. The fourth-order valence-electron chi connectivity index (χ4n) is 4.14. The van der Waals surface area contributed by atoms with Crippen LogP contribution < -0.4 is 0 Å². The van der Waals surface area contributed by atoms with Crippen molar-refractivity contribution in [2.75, 3.05) is 0 Å². The first kappa shape index (κ1) is 23.8. The van der Waals surface area contributed by atoms with Crippen molar-refractivity contribution >= 4 is 6.21 Å². The van der Waals surface area contributed by atoms with E-state index in [-0.39, 0.29) is 11.5 Å². The summed E-state index contributed by atoms with van der Waals surface area (Å²) in [6.45, 7) is 11.0. The summed E-state index contributed by atoms with van der Waals surface area (Å²) in [5, 5.41) is 11.3. The van der Waals surface area contributed by atoms with Crippen LogP contribution in [0.2, 0.25) is 0 Å². The Hall–Kier alpha value is -2.87. The summed E-state index contributed by atoms with van der Waals surface area (Å²) in [6, 6.07) is 25.1. The second kappa shape index (κ2) is 10.6. The first-order chi connectivity index (χ1) is 15.3. The number of phenolic OH excluding ortho intramolecular Hbond substituents is 1. The predicted octanol–water partition coefficient (Wildman–Crippen LogP) is 8.02. The number of hydrogen-bond acceptors (Lipinski definition) is 2. The zero-order valence-corrected chi connectivity index (χ0v) is 20.2. The highest BCUT2D eigenvalue weighted by molar-refractivity contribution is 5.88. The van der Waals surface area contributed by atoms with E-state index in [0.29, 0.717) is 5.75 Å². The Morgan fingerprint density at radius 3 is 2.09 bits per heavy atom. The van der Waals surface area contributed by atoms with Gasteiger partial charge in [-0.25, -0.2) is 0 Å². The molecule has 0 saturated carbocycles. The van der Waals surface area contributed by atoms with Gasteiger partial charge >= 0.3 is 0 Å². The van der Waals surface area contributed by atoms with Crippen LogP contribution in [0.1, 0.15) is 70.6 Å². The van der Waals surface area contributed by atoms with E-state index in [4.69, 9.17) is 4.99 Å². The second-order valence-corrected chi connectivity index (χ2v) is 9.77. The third-order valence-corrected chi connectivity index (χ3v) is 6.29. The lowest BCUT2D eigenvalue weighted by molar-refractivity contribution is 0.452. The molecule has 0 radical (unpaired) electrons. The second-order valence-electron chi connectivity index (χ2n) is 9.77. The van der Waals surface area contributed by atoms with Crippen LogP contribution in [0.3, 0.4) is 0 Å². The van der Waals surface area contributed by atoms with Crippen LogP contribution in [0.4, 0.5) is 0 Å². The van der Waals surface area contributed by atoms with Gasteiger partial charge in [-0.1, -0.05) is 101 Å². The molecule has 0 aliphatic heterocycles. The van der Waals surface area contributed by atoms with Gasteiger partial charge in [-0.3, -0.25) is 4.99 Å². The van der Waals surface area contributed by atoms with Crippen LogP contribution in [0.5, 0.6) is 5.75 Å². The molecule has 0 aromatic heterocycles. The van der Waals surface area contributed by atoms with E-state index in [9.17, 15) is 5.11 Å². The molecule has 2 nitrogen and oxygen atoms in total. The molecule has 0 amide bonds. The summed E-state index contributed by atoms with van der Waals surface area (Å²) in [4.78, 5) is 4.80. The minimum absolute atomic E-state index is 0.235. The molecule has 0 heterocycles. The number of aliphatic imine (C=N–C) groups is 1. The van der Waals surface area contributed by atoms with Crippen molar-refractivity contribution in [3.63, 3.8) is 0 Å². The molecule has 3 aromatic carbocycles. The van der Waals surface area contributed by atoms with Crippen molar-refractivity contribution in [1.82, 2.24) is 0 Å². The molecule has 1 unspecified atom stereocenters. The van der Waals surface area contributed by atoms with Crippen molar-refractivity contribution in [2.45, 2.75) is 65.3 Å². The largest absolute Gasteiger partial charge is 0.507 e. The first-order valence-electron chi connectivity index (χ1n) is 11.8. The van der Waals surface area contributed by atoms with Gasteiger partial charge in [-0.2, -0.15) is 0 Å². The van der Waals surface area contributed by atoms with Crippen molar-refractivity contribution in [3.8, 4) is 16.9 Å². The Morgan fingerprint density at radius 1 is 0.844 bits per heavy atom. The van der Waals surface area contributed by atoms with Crippen molar-refractivity contribution in [2.24, 2.45) is 10.9 Å². The zero-order chi connectivity index (χ0) is 23.1. The normalized spacial score (nSPS) is 13.1. The molecule has 168 valence electrons. The molecule has 0 saturated heterocycles. The van der Waals surface area contributed by atoms with Gasteiger partial charge in [-0.15, -0.1) is 0 Å². The lowest BCUT2D eigenvalue weighted by Gasteiger charge is -2.28. The Labute approximate surface area is 194 Å². The van der Waals surface area contributed by atoms with Crippen molar-refractivity contribution < 1.29 is 5.11 Å². The predicted molar refractivity (Wildman–Crippen MR) is 138 cm³/mol. The fourth-order valence-corrected chi connectivity index (χ4v) is 4.14. The molecule has 0 spiro atoms. The van der Waals surface area contributed by atoms with E-state index < -0.39 is 0 Å². The minimum Gasteiger partial charge on any atom is -0.507 e. The fraction of sp³-hybridized carbons (Fsp3) is 0.367. The number of nitrogens with zero attached hydrogens (tertiary/aromatic N) is 1.